The highest BCUT2D eigenvalue weighted by molar-refractivity contribution is 4.90. The topological polar surface area (TPSA) is 71.0 Å². The second kappa shape index (κ2) is 8.29. The van der Waals surface area contributed by atoms with Gasteiger partial charge in [-0.05, 0) is 25.7 Å². The Balaban J connectivity index is 1.59. The summed E-state index contributed by atoms with van der Waals surface area (Å²) in [4.78, 5) is 0. The summed E-state index contributed by atoms with van der Waals surface area (Å²) >= 11 is 0. The van der Waals surface area contributed by atoms with Crippen LogP contribution in [0.25, 0.3) is 0 Å². The van der Waals surface area contributed by atoms with Crippen LogP contribution in [0.4, 0.5) is 0 Å². The lowest BCUT2D eigenvalue weighted by Gasteiger charge is -2.37. The Morgan fingerprint density at radius 1 is 1.25 bits per heavy atom. The normalized spacial score (nSPS) is 27.6. The Morgan fingerprint density at radius 3 is 2.70 bits per heavy atom. The third-order valence-electron chi connectivity index (χ3n) is 4.46. The molecule has 0 amide bonds. The number of aliphatic hydroxyl groups is 2. The fraction of sp³-hybridized carbons (Fsp3) is 1.00. The molecule has 0 radical (unpaired) electrons. The Labute approximate surface area is 121 Å². The molecule has 118 valence electrons. The molecule has 2 rings (SSSR count). The maximum absolute atomic E-state index is 9.95. The van der Waals surface area contributed by atoms with Gasteiger partial charge >= 0.3 is 0 Å². The summed E-state index contributed by atoms with van der Waals surface area (Å²) in [6.45, 7) is 2.36. The first-order valence-electron chi connectivity index (χ1n) is 7.97. The third kappa shape index (κ3) is 4.97. The van der Waals surface area contributed by atoms with Crippen molar-refractivity contribution in [2.24, 2.45) is 0 Å². The van der Waals surface area contributed by atoms with Crippen LogP contribution in [0.5, 0.6) is 0 Å². The van der Waals surface area contributed by atoms with E-state index in [0.29, 0.717) is 19.8 Å². The van der Waals surface area contributed by atoms with Crippen molar-refractivity contribution in [1.29, 1.82) is 0 Å². The van der Waals surface area contributed by atoms with Crippen LogP contribution in [0.15, 0.2) is 0 Å². The van der Waals surface area contributed by atoms with Crippen molar-refractivity contribution in [2.75, 3.05) is 33.0 Å². The molecule has 0 aromatic heterocycles. The van der Waals surface area contributed by atoms with Gasteiger partial charge in [-0.25, -0.2) is 0 Å². The van der Waals surface area contributed by atoms with E-state index in [9.17, 15) is 10.2 Å². The lowest BCUT2D eigenvalue weighted by Crippen LogP contribution is -2.52. The van der Waals surface area contributed by atoms with Crippen molar-refractivity contribution in [3.8, 4) is 0 Å². The number of hydrogen-bond acceptors (Lipinski definition) is 5. The van der Waals surface area contributed by atoms with Gasteiger partial charge < -0.3 is 25.0 Å². The molecule has 0 spiro atoms. The molecular formula is C15H29NO4. The van der Waals surface area contributed by atoms with Crippen LogP contribution in [0, 0.1) is 0 Å². The smallest absolute Gasteiger partial charge is 0.0897 e. The first-order valence-corrected chi connectivity index (χ1v) is 7.97. The average Bonchev–Trinajstić information content (AvgIpc) is 2.99. The fourth-order valence-electron chi connectivity index (χ4n) is 3.12. The minimum Gasteiger partial charge on any atom is -0.394 e. The van der Waals surface area contributed by atoms with Crippen LogP contribution in [0.1, 0.15) is 44.9 Å². The van der Waals surface area contributed by atoms with Gasteiger partial charge in [0.05, 0.1) is 32.0 Å². The number of aliphatic hydroxyl groups excluding tert-OH is 2. The highest BCUT2D eigenvalue weighted by atomic mass is 16.5. The van der Waals surface area contributed by atoms with Crippen LogP contribution in [0.2, 0.25) is 0 Å². The molecule has 5 nitrogen and oxygen atoms in total. The first-order chi connectivity index (χ1) is 9.74. The van der Waals surface area contributed by atoms with E-state index in [2.05, 4.69) is 5.32 Å². The Hall–Kier alpha value is -0.200. The molecular weight excluding hydrogens is 258 g/mol. The van der Waals surface area contributed by atoms with Crippen LogP contribution in [0.3, 0.4) is 0 Å². The van der Waals surface area contributed by atoms with Crippen molar-refractivity contribution in [2.45, 2.75) is 62.7 Å². The van der Waals surface area contributed by atoms with Gasteiger partial charge in [0.1, 0.15) is 0 Å². The lowest BCUT2D eigenvalue weighted by molar-refractivity contribution is -0.0199. The summed E-state index contributed by atoms with van der Waals surface area (Å²) in [5, 5.41) is 22.9. The van der Waals surface area contributed by atoms with Gasteiger partial charge in [0, 0.05) is 18.7 Å². The lowest BCUT2D eigenvalue weighted by atomic mass is 9.82. The van der Waals surface area contributed by atoms with Gasteiger partial charge in [0.2, 0.25) is 0 Å². The molecule has 1 aliphatic carbocycles. The fourth-order valence-corrected chi connectivity index (χ4v) is 3.12. The number of nitrogens with one attached hydrogen (secondary N) is 1. The van der Waals surface area contributed by atoms with E-state index in [1.165, 1.54) is 6.42 Å². The summed E-state index contributed by atoms with van der Waals surface area (Å²) in [5.41, 5.74) is -0.187. The Morgan fingerprint density at radius 2 is 2.05 bits per heavy atom. The van der Waals surface area contributed by atoms with E-state index in [-0.39, 0.29) is 18.2 Å². The molecule has 2 atom stereocenters. The molecule has 1 heterocycles. The monoisotopic (exact) mass is 287 g/mol. The average molecular weight is 287 g/mol. The van der Waals surface area contributed by atoms with Crippen LogP contribution >= 0.6 is 0 Å². The van der Waals surface area contributed by atoms with Crippen LogP contribution in [-0.4, -0.2) is 60.9 Å². The Bertz CT molecular complexity index is 263. The summed E-state index contributed by atoms with van der Waals surface area (Å²) in [6, 6.07) is 0. The maximum atomic E-state index is 9.95. The Kier molecular flexibility index (Phi) is 6.71. The van der Waals surface area contributed by atoms with Crippen molar-refractivity contribution in [3.05, 3.63) is 0 Å². The number of ether oxygens (including phenoxy) is 2. The van der Waals surface area contributed by atoms with E-state index >= 15 is 0 Å². The summed E-state index contributed by atoms with van der Waals surface area (Å²) in [5.74, 6) is 0. The third-order valence-corrected chi connectivity index (χ3v) is 4.46. The van der Waals surface area contributed by atoms with Gasteiger partial charge in [-0.15, -0.1) is 0 Å². The quantitative estimate of drug-likeness (QED) is 0.617. The van der Waals surface area contributed by atoms with E-state index < -0.39 is 6.10 Å². The molecule has 1 saturated heterocycles. The molecule has 2 fully saturated rings. The second-order valence-corrected chi connectivity index (χ2v) is 6.21. The molecule has 0 aromatic rings. The second-order valence-electron chi connectivity index (χ2n) is 6.21. The summed E-state index contributed by atoms with van der Waals surface area (Å²) < 4.78 is 11.0. The van der Waals surface area contributed by atoms with Crippen LogP contribution in [-0.2, 0) is 9.47 Å². The molecule has 0 bridgehead atoms. The molecule has 0 aromatic carbocycles. The zero-order valence-electron chi connectivity index (χ0n) is 12.4. The van der Waals surface area contributed by atoms with E-state index in [4.69, 9.17) is 9.47 Å². The molecule has 2 aliphatic rings. The van der Waals surface area contributed by atoms with Gasteiger partial charge in [-0.1, -0.05) is 19.3 Å². The van der Waals surface area contributed by atoms with Gasteiger partial charge in [0.25, 0.3) is 0 Å². The van der Waals surface area contributed by atoms with Crippen molar-refractivity contribution < 1.29 is 19.7 Å². The summed E-state index contributed by atoms with van der Waals surface area (Å²) in [7, 11) is 0. The minimum atomic E-state index is -0.526. The van der Waals surface area contributed by atoms with Gasteiger partial charge in [-0.2, -0.15) is 0 Å². The van der Waals surface area contributed by atoms with Crippen molar-refractivity contribution >= 4 is 0 Å². The number of β-amino-alcohol motifs (C(OH)–C–C–N with tert-alkyl or cyclic N) is 1. The zero-order valence-corrected chi connectivity index (χ0v) is 12.4. The number of rotatable bonds is 8. The van der Waals surface area contributed by atoms with Crippen molar-refractivity contribution in [3.63, 3.8) is 0 Å². The molecule has 1 aliphatic heterocycles. The highest BCUT2D eigenvalue weighted by Gasteiger charge is 2.31. The van der Waals surface area contributed by atoms with Gasteiger partial charge in [0.15, 0.2) is 0 Å². The maximum Gasteiger partial charge on any atom is 0.0897 e. The summed E-state index contributed by atoms with van der Waals surface area (Å²) in [6.07, 6.45) is 7.38. The molecule has 2 unspecified atom stereocenters. The number of hydrogen-bond donors (Lipinski definition) is 3. The molecule has 20 heavy (non-hydrogen) atoms. The van der Waals surface area contributed by atoms with E-state index in [1.807, 2.05) is 0 Å². The first kappa shape index (κ1) is 16.2. The van der Waals surface area contributed by atoms with E-state index in [0.717, 1.165) is 45.1 Å². The van der Waals surface area contributed by atoms with Crippen molar-refractivity contribution in [1.82, 2.24) is 5.32 Å². The predicted molar refractivity (Wildman–Crippen MR) is 76.7 cm³/mol. The SMILES string of the molecule is OCC1(NCC(O)COCC2CCCO2)CCCCC1. The predicted octanol–water partition coefficient (Wildman–Crippen LogP) is 0.828. The van der Waals surface area contributed by atoms with Gasteiger partial charge in [-0.3, -0.25) is 0 Å². The minimum absolute atomic E-state index is 0.149. The molecule has 3 N–H and O–H groups in total. The molecule has 1 saturated carbocycles. The zero-order chi connectivity index (χ0) is 14.3. The molecule has 5 heteroatoms. The largest absolute Gasteiger partial charge is 0.394 e. The van der Waals surface area contributed by atoms with E-state index in [1.54, 1.807) is 0 Å². The van der Waals surface area contributed by atoms with Crippen LogP contribution < -0.4 is 5.32 Å². The standard InChI is InChI=1S/C15H29NO4/c17-12-15(6-2-1-3-7-15)16-9-13(18)10-19-11-14-5-4-8-20-14/h13-14,16-18H,1-12H2. The highest BCUT2D eigenvalue weighted by Crippen LogP contribution is 2.27.